The van der Waals surface area contributed by atoms with Gasteiger partial charge in [0.05, 0.1) is 0 Å². The minimum atomic E-state index is -5.95. The quantitative estimate of drug-likeness (QED) is 0.342. The Balaban J connectivity index is 2.38. The van der Waals surface area contributed by atoms with Crippen molar-refractivity contribution >= 4 is 5.78 Å². The topological polar surface area (TPSA) is 37.3 Å². The summed E-state index contributed by atoms with van der Waals surface area (Å²) in [7, 11) is 0. The van der Waals surface area contributed by atoms with Crippen molar-refractivity contribution < 1.29 is 36.2 Å². The molecule has 32 heavy (non-hydrogen) atoms. The largest absolute Gasteiger partial charge is 0.438 e. The molecule has 0 bridgehead atoms. The van der Waals surface area contributed by atoms with E-state index in [1.54, 1.807) is 0 Å². The van der Waals surface area contributed by atoms with Crippen LogP contribution in [0.2, 0.25) is 0 Å². The van der Waals surface area contributed by atoms with Gasteiger partial charge in [0.15, 0.2) is 0 Å². The summed E-state index contributed by atoms with van der Waals surface area (Å²) < 4.78 is 78.2. The van der Waals surface area contributed by atoms with E-state index in [0.717, 1.165) is 31.6 Å². The lowest BCUT2D eigenvalue weighted by Crippen LogP contribution is -2.55. The summed E-state index contributed by atoms with van der Waals surface area (Å²) >= 11 is 0. The third-order valence-electron chi connectivity index (χ3n) is 7.82. The Morgan fingerprint density at radius 2 is 1.72 bits per heavy atom. The lowest BCUT2D eigenvalue weighted by Gasteiger charge is -2.48. The van der Waals surface area contributed by atoms with Gasteiger partial charge < -0.3 is 5.11 Å². The highest BCUT2D eigenvalue weighted by atomic mass is 19.4. The molecule has 8 heteroatoms. The molecule has 0 aromatic rings. The fraction of sp³-hybridized carbons (Fsp3) is 0.875. The van der Waals surface area contributed by atoms with Crippen LogP contribution in [0.15, 0.2) is 0 Å². The molecule has 2 fully saturated rings. The Hall–Kier alpha value is -1.23. The summed E-state index contributed by atoms with van der Waals surface area (Å²) in [5.41, 5.74) is -6.03. The lowest BCUT2D eigenvalue weighted by atomic mass is 9.56. The van der Waals surface area contributed by atoms with Gasteiger partial charge in [-0.1, -0.05) is 46.5 Å². The number of ketones is 1. The average molecular weight is 469 g/mol. The van der Waals surface area contributed by atoms with Crippen LogP contribution in [-0.2, 0) is 4.79 Å². The third-order valence-corrected chi connectivity index (χ3v) is 7.82. The van der Waals surface area contributed by atoms with Crippen LogP contribution in [-0.4, -0.2) is 28.8 Å². The number of halogens is 6. The molecule has 2 aliphatic carbocycles. The number of hydrogen-bond donors (Lipinski definition) is 1. The Morgan fingerprint density at radius 3 is 2.25 bits per heavy atom. The summed E-state index contributed by atoms with van der Waals surface area (Å²) in [6.07, 6.45) is -6.36. The Bertz CT molecular complexity index is 730. The SMILES string of the molecule is CC(C)CCC[C@@](C)(CC#CC(O)(C(F)(F)F)C(F)(F)F)[C@H]1CCC2C(=O)CCCC21C. The van der Waals surface area contributed by atoms with E-state index in [2.05, 4.69) is 19.8 Å². The minimum Gasteiger partial charge on any atom is -0.363 e. The van der Waals surface area contributed by atoms with Gasteiger partial charge in [0, 0.05) is 18.8 Å². The smallest absolute Gasteiger partial charge is 0.363 e. The summed E-state index contributed by atoms with van der Waals surface area (Å²) in [5, 5.41) is 9.40. The van der Waals surface area contributed by atoms with Crippen LogP contribution in [0.1, 0.15) is 85.5 Å². The second-order valence-corrected chi connectivity index (χ2v) is 10.6. The molecule has 0 spiro atoms. The first-order valence-corrected chi connectivity index (χ1v) is 11.4. The molecule has 0 amide bonds. The summed E-state index contributed by atoms with van der Waals surface area (Å²) in [5.74, 6) is 3.71. The molecule has 0 radical (unpaired) electrons. The van der Waals surface area contributed by atoms with Crippen LogP contribution >= 0.6 is 0 Å². The van der Waals surface area contributed by atoms with Gasteiger partial charge in [-0.05, 0) is 60.7 Å². The van der Waals surface area contributed by atoms with Crippen molar-refractivity contribution in [1.29, 1.82) is 0 Å². The zero-order valence-corrected chi connectivity index (χ0v) is 19.2. The Morgan fingerprint density at radius 1 is 1.12 bits per heavy atom. The highest BCUT2D eigenvalue weighted by Gasteiger charge is 2.70. The van der Waals surface area contributed by atoms with Gasteiger partial charge in [0.25, 0.3) is 0 Å². The molecule has 2 unspecified atom stereocenters. The third kappa shape index (κ3) is 5.13. The van der Waals surface area contributed by atoms with E-state index in [4.69, 9.17) is 0 Å². The second-order valence-electron chi connectivity index (χ2n) is 10.6. The number of rotatable bonds is 6. The van der Waals surface area contributed by atoms with Gasteiger partial charge in [-0.3, -0.25) is 4.79 Å². The second kappa shape index (κ2) is 9.19. The highest BCUT2D eigenvalue weighted by Crippen LogP contribution is 2.61. The van der Waals surface area contributed by atoms with E-state index in [1.807, 2.05) is 13.8 Å². The maximum atomic E-state index is 13.0. The van der Waals surface area contributed by atoms with E-state index >= 15 is 0 Å². The zero-order chi connectivity index (χ0) is 24.6. The molecule has 0 aromatic heterocycles. The molecule has 0 aromatic carbocycles. The standard InChI is InChI=1S/C24H34F6O2/c1-16(2)8-5-12-20(3,13-7-15-22(32,23(25,26)27)24(28,29)30)19-11-10-17-18(31)9-6-14-21(17,19)4/h16-17,19,32H,5-6,8-14H2,1-4H3/t17?,19-,20+,21?/m1/s1. The number of carbonyl (C=O) groups excluding carboxylic acids is 1. The summed E-state index contributed by atoms with van der Waals surface area (Å²) in [4.78, 5) is 12.5. The van der Waals surface area contributed by atoms with E-state index in [9.17, 15) is 36.2 Å². The number of carbonyl (C=O) groups is 1. The number of Topliss-reactive ketones (excluding diaryl/α,β-unsaturated/α-hetero) is 1. The summed E-state index contributed by atoms with van der Waals surface area (Å²) in [6.45, 7) is 8.02. The monoisotopic (exact) mass is 468 g/mol. The van der Waals surface area contributed by atoms with Crippen LogP contribution in [0.25, 0.3) is 0 Å². The minimum absolute atomic E-state index is 0.0319. The van der Waals surface area contributed by atoms with Crippen molar-refractivity contribution in [3.63, 3.8) is 0 Å². The van der Waals surface area contributed by atoms with Crippen molar-refractivity contribution in [2.75, 3.05) is 0 Å². The molecule has 0 heterocycles. The maximum absolute atomic E-state index is 13.0. The van der Waals surface area contributed by atoms with Crippen molar-refractivity contribution in [2.45, 2.75) is 103 Å². The molecule has 0 saturated heterocycles. The molecule has 2 aliphatic rings. The van der Waals surface area contributed by atoms with Crippen LogP contribution in [0.5, 0.6) is 0 Å². The molecular weight excluding hydrogens is 434 g/mol. The Kier molecular flexibility index (Phi) is 7.76. The number of alkyl halides is 6. The highest BCUT2D eigenvalue weighted by molar-refractivity contribution is 5.83. The molecular formula is C24H34F6O2. The molecule has 2 rings (SSSR count). The van der Waals surface area contributed by atoms with Crippen LogP contribution < -0.4 is 0 Å². The first-order chi connectivity index (χ1) is 14.5. The van der Waals surface area contributed by atoms with Gasteiger partial charge in [0.1, 0.15) is 5.78 Å². The van der Waals surface area contributed by atoms with Gasteiger partial charge in [-0.25, -0.2) is 0 Å². The number of fused-ring (bicyclic) bond motifs is 1. The normalized spacial score (nSPS) is 28.8. The number of hydrogen-bond acceptors (Lipinski definition) is 2. The lowest BCUT2D eigenvalue weighted by molar-refractivity contribution is -0.343. The van der Waals surface area contributed by atoms with Crippen LogP contribution in [0, 0.1) is 40.4 Å². The zero-order valence-electron chi connectivity index (χ0n) is 19.2. The molecule has 184 valence electrons. The molecule has 0 aliphatic heterocycles. The molecule has 2 nitrogen and oxygen atoms in total. The predicted molar refractivity (Wildman–Crippen MR) is 109 cm³/mol. The first kappa shape index (κ1) is 27.0. The van der Waals surface area contributed by atoms with E-state index in [0.29, 0.717) is 31.6 Å². The van der Waals surface area contributed by atoms with E-state index in [-0.39, 0.29) is 29.5 Å². The summed E-state index contributed by atoms with van der Waals surface area (Å²) in [6, 6.07) is 0. The van der Waals surface area contributed by atoms with Crippen LogP contribution in [0.3, 0.4) is 0 Å². The van der Waals surface area contributed by atoms with Crippen molar-refractivity contribution in [1.82, 2.24) is 0 Å². The molecule has 4 atom stereocenters. The molecule has 1 N–H and O–H groups in total. The average Bonchev–Trinajstić information content (AvgIpc) is 2.98. The van der Waals surface area contributed by atoms with E-state index in [1.165, 1.54) is 0 Å². The first-order valence-electron chi connectivity index (χ1n) is 11.4. The van der Waals surface area contributed by atoms with Crippen molar-refractivity contribution in [3.05, 3.63) is 0 Å². The van der Waals surface area contributed by atoms with Gasteiger partial charge in [-0.15, -0.1) is 0 Å². The predicted octanol–water partition coefficient (Wildman–Crippen LogP) is 6.85. The van der Waals surface area contributed by atoms with Gasteiger partial charge >= 0.3 is 18.0 Å². The number of aliphatic hydroxyl groups is 1. The Labute approximate surface area is 186 Å². The fourth-order valence-electron chi connectivity index (χ4n) is 6.05. The maximum Gasteiger partial charge on any atom is 0.438 e. The van der Waals surface area contributed by atoms with Gasteiger partial charge in [-0.2, -0.15) is 26.3 Å². The fourth-order valence-corrected chi connectivity index (χ4v) is 6.05. The van der Waals surface area contributed by atoms with Gasteiger partial charge in [0.2, 0.25) is 0 Å². The van der Waals surface area contributed by atoms with Crippen molar-refractivity contribution in [3.8, 4) is 11.8 Å². The van der Waals surface area contributed by atoms with Crippen LogP contribution in [0.4, 0.5) is 26.3 Å². The van der Waals surface area contributed by atoms with E-state index < -0.39 is 23.4 Å². The van der Waals surface area contributed by atoms with Crippen molar-refractivity contribution in [2.24, 2.45) is 28.6 Å². The molecule has 2 saturated carbocycles.